The number of imidazole rings is 2. The van der Waals surface area contributed by atoms with E-state index in [1.165, 1.54) is 7.11 Å². The molecule has 2 fully saturated rings. The lowest BCUT2D eigenvalue weighted by Gasteiger charge is -2.31. The quantitative estimate of drug-likeness (QED) is 0.135. The molecule has 0 bridgehead atoms. The van der Waals surface area contributed by atoms with Gasteiger partial charge in [-0.1, -0.05) is 70.7 Å². The number of methoxy groups -OCH3 is 1. The molecule has 2 saturated heterocycles. The van der Waals surface area contributed by atoms with E-state index in [9.17, 15) is 14.4 Å². The Morgan fingerprint density at radius 1 is 0.927 bits per heavy atom. The minimum Gasteiger partial charge on any atom is -0.453 e. The molecule has 1 spiro atoms. The molecule has 3 N–H and O–H groups in total. The third-order valence-corrected chi connectivity index (χ3v) is 11.4. The standard InChI is InChI=1S/C43H51N7O5/c1-26(2)28(5)40(51)50-25-43(19-7-8-21-55-43)23-36(50)39-45-32-18-15-30(22-33(32)46-39)12-11-29-13-16-31(17-14-29)34-24-44-38(47-34)35-10-9-20-49(35)41(52)37(27(3)4)48-42(53)54-6/h7-8,13-18,22,24,26-28,35-37H,9-10,19-21,23,25H2,1-6H3,(H,44,47)(H,45,46)(H,48,53)/t28-,35-,36-,37-,43-/m0/s1. The Bertz CT molecular complexity index is 2140. The number of likely N-dealkylation sites (tertiary alicyclic amines) is 2. The Labute approximate surface area is 322 Å². The topological polar surface area (TPSA) is 146 Å². The number of hydrogen-bond donors (Lipinski definition) is 3. The van der Waals surface area contributed by atoms with Gasteiger partial charge in [-0.2, -0.15) is 0 Å². The molecule has 5 heterocycles. The normalized spacial score (nSPS) is 22.0. The second kappa shape index (κ2) is 15.7. The summed E-state index contributed by atoms with van der Waals surface area (Å²) in [6.45, 7) is 11.7. The van der Waals surface area contributed by atoms with Crippen LogP contribution in [-0.2, 0) is 19.1 Å². The Balaban J connectivity index is 1.04. The molecule has 5 atom stereocenters. The van der Waals surface area contributed by atoms with E-state index >= 15 is 0 Å². The zero-order valence-electron chi connectivity index (χ0n) is 32.5. The number of nitrogens with zero attached hydrogens (tertiary/aromatic N) is 4. The van der Waals surface area contributed by atoms with Crippen LogP contribution in [0.15, 0.2) is 60.8 Å². The molecule has 288 valence electrons. The van der Waals surface area contributed by atoms with Gasteiger partial charge in [0.1, 0.15) is 17.7 Å². The summed E-state index contributed by atoms with van der Waals surface area (Å²) in [5, 5.41) is 2.70. The lowest BCUT2D eigenvalue weighted by atomic mass is 9.94. The number of aromatic nitrogens is 4. The van der Waals surface area contributed by atoms with Crippen LogP contribution in [0.25, 0.3) is 22.3 Å². The fraction of sp³-hybridized carbons (Fsp3) is 0.465. The maximum Gasteiger partial charge on any atom is 0.407 e. The van der Waals surface area contributed by atoms with Crippen LogP contribution in [0.2, 0.25) is 0 Å². The van der Waals surface area contributed by atoms with Gasteiger partial charge in [0.05, 0.1) is 60.9 Å². The van der Waals surface area contributed by atoms with Gasteiger partial charge in [-0.3, -0.25) is 9.59 Å². The highest BCUT2D eigenvalue weighted by Crippen LogP contribution is 2.44. The van der Waals surface area contributed by atoms with Gasteiger partial charge in [-0.25, -0.2) is 14.8 Å². The molecule has 55 heavy (non-hydrogen) atoms. The molecule has 2 aromatic heterocycles. The molecule has 3 amide bonds. The van der Waals surface area contributed by atoms with Crippen molar-refractivity contribution in [2.75, 3.05) is 26.8 Å². The summed E-state index contributed by atoms with van der Waals surface area (Å²) in [4.78, 5) is 59.5. The summed E-state index contributed by atoms with van der Waals surface area (Å²) in [5.41, 5.74) is 4.85. The first-order valence-electron chi connectivity index (χ1n) is 19.4. The van der Waals surface area contributed by atoms with E-state index in [2.05, 4.69) is 52.0 Å². The van der Waals surface area contributed by atoms with Crippen molar-refractivity contribution < 1.29 is 23.9 Å². The molecule has 3 aliphatic rings. The largest absolute Gasteiger partial charge is 0.453 e. The molecule has 0 saturated carbocycles. The summed E-state index contributed by atoms with van der Waals surface area (Å²) in [6.07, 6.45) is 8.50. The molecule has 2 aromatic carbocycles. The number of alkyl carbamates (subject to hydrolysis) is 1. The number of nitrogens with one attached hydrogen (secondary N) is 3. The maximum absolute atomic E-state index is 13.7. The van der Waals surface area contributed by atoms with Crippen molar-refractivity contribution in [3.05, 3.63) is 83.6 Å². The average Bonchev–Trinajstić information content (AvgIpc) is 4.01. The van der Waals surface area contributed by atoms with E-state index in [1.54, 1.807) is 11.1 Å². The second-order valence-corrected chi connectivity index (χ2v) is 15.8. The summed E-state index contributed by atoms with van der Waals surface area (Å²) in [7, 11) is 1.29. The van der Waals surface area contributed by atoms with E-state index in [0.717, 1.165) is 64.3 Å². The van der Waals surface area contributed by atoms with E-state index in [0.29, 0.717) is 26.1 Å². The number of carbonyl (C=O) groups excluding carboxylic acids is 3. The van der Waals surface area contributed by atoms with Gasteiger partial charge in [-0.05, 0) is 67.0 Å². The fourth-order valence-electron chi connectivity index (χ4n) is 7.86. The molecule has 4 aromatic rings. The van der Waals surface area contributed by atoms with Crippen LogP contribution < -0.4 is 5.32 Å². The predicted molar refractivity (Wildman–Crippen MR) is 209 cm³/mol. The van der Waals surface area contributed by atoms with E-state index in [1.807, 2.05) is 74.2 Å². The van der Waals surface area contributed by atoms with Crippen LogP contribution in [0.5, 0.6) is 0 Å². The zero-order chi connectivity index (χ0) is 38.9. The van der Waals surface area contributed by atoms with Gasteiger partial charge in [-0.15, -0.1) is 0 Å². The average molecular weight is 746 g/mol. The summed E-state index contributed by atoms with van der Waals surface area (Å²) in [5.74, 6) is 8.12. The summed E-state index contributed by atoms with van der Waals surface area (Å²) in [6, 6.07) is 12.9. The van der Waals surface area contributed by atoms with Crippen LogP contribution in [0.4, 0.5) is 4.79 Å². The molecular weight excluding hydrogens is 695 g/mol. The highest BCUT2D eigenvalue weighted by atomic mass is 16.5. The number of amides is 3. The third kappa shape index (κ3) is 7.89. The van der Waals surface area contributed by atoms with E-state index in [-0.39, 0.29) is 41.7 Å². The fourth-order valence-corrected chi connectivity index (χ4v) is 7.86. The molecule has 12 nitrogen and oxygen atoms in total. The first-order chi connectivity index (χ1) is 26.4. The Morgan fingerprint density at radius 2 is 1.69 bits per heavy atom. The Morgan fingerprint density at radius 3 is 2.40 bits per heavy atom. The number of hydrogen-bond acceptors (Lipinski definition) is 7. The van der Waals surface area contributed by atoms with Crippen LogP contribution in [0, 0.1) is 29.6 Å². The van der Waals surface area contributed by atoms with Crippen molar-refractivity contribution in [3.8, 4) is 23.1 Å². The van der Waals surface area contributed by atoms with Gasteiger partial charge in [0.2, 0.25) is 11.8 Å². The highest BCUT2D eigenvalue weighted by Gasteiger charge is 2.49. The van der Waals surface area contributed by atoms with Crippen LogP contribution in [-0.4, -0.2) is 86.1 Å². The van der Waals surface area contributed by atoms with Gasteiger partial charge in [0.15, 0.2) is 0 Å². The van der Waals surface area contributed by atoms with Crippen molar-refractivity contribution in [1.82, 2.24) is 35.1 Å². The number of ether oxygens (including phenoxy) is 2. The third-order valence-electron chi connectivity index (χ3n) is 11.4. The number of rotatable bonds is 8. The number of aromatic amines is 2. The van der Waals surface area contributed by atoms with Crippen molar-refractivity contribution in [1.29, 1.82) is 0 Å². The van der Waals surface area contributed by atoms with Crippen molar-refractivity contribution in [3.63, 3.8) is 0 Å². The van der Waals surface area contributed by atoms with Crippen molar-refractivity contribution >= 4 is 28.9 Å². The van der Waals surface area contributed by atoms with Gasteiger partial charge in [0.25, 0.3) is 0 Å². The van der Waals surface area contributed by atoms with Crippen LogP contribution in [0.3, 0.4) is 0 Å². The molecule has 0 aliphatic carbocycles. The maximum atomic E-state index is 13.7. The lowest BCUT2D eigenvalue weighted by molar-refractivity contribution is -0.138. The molecular formula is C43H51N7O5. The van der Waals surface area contributed by atoms with E-state index < -0.39 is 17.7 Å². The van der Waals surface area contributed by atoms with Gasteiger partial charge < -0.3 is 34.6 Å². The number of benzene rings is 2. The smallest absolute Gasteiger partial charge is 0.407 e. The zero-order valence-corrected chi connectivity index (χ0v) is 32.5. The predicted octanol–water partition coefficient (Wildman–Crippen LogP) is 6.68. The Hall–Kier alpha value is -5.41. The molecule has 12 heteroatoms. The molecule has 0 radical (unpaired) electrons. The minimum atomic E-state index is -0.685. The SMILES string of the molecule is COC(=O)N[C@H](C(=O)N1CCC[C@H]1c1ncc(-c2ccc(C#Cc3ccc4nc([C@@H]5C[C@@]6(CC=CCO6)CN5C(=O)[C@@H](C)C(C)C)[nH]c4c3)cc2)[nH]1)C(C)C. The Kier molecular flexibility index (Phi) is 10.8. The van der Waals surface area contributed by atoms with Gasteiger partial charge >= 0.3 is 6.09 Å². The number of carbonyl (C=O) groups is 3. The number of H-pyrrole nitrogens is 2. The first-order valence-corrected chi connectivity index (χ1v) is 19.4. The van der Waals surface area contributed by atoms with Gasteiger partial charge in [0, 0.05) is 30.0 Å². The minimum absolute atomic E-state index is 0.101. The second-order valence-electron chi connectivity index (χ2n) is 15.8. The van der Waals surface area contributed by atoms with E-state index in [4.69, 9.17) is 14.5 Å². The van der Waals surface area contributed by atoms with Crippen molar-refractivity contribution in [2.24, 2.45) is 17.8 Å². The van der Waals surface area contributed by atoms with Crippen LogP contribution >= 0.6 is 0 Å². The molecule has 3 aliphatic heterocycles. The monoisotopic (exact) mass is 745 g/mol. The first kappa shape index (κ1) is 37.9. The molecule has 7 rings (SSSR count). The number of fused-ring (bicyclic) bond motifs is 1. The van der Waals surface area contributed by atoms with Crippen molar-refractivity contribution in [2.45, 2.75) is 84.0 Å². The highest BCUT2D eigenvalue weighted by molar-refractivity contribution is 5.86. The summed E-state index contributed by atoms with van der Waals surface area (Å²) >= 11 is 0. The molecule has 0 unspecified atom stereocenters. The lowest BCUT2D eigenvalue weighted by Crippen LogP contribution is -2.51. The van der Waals surface area contributed by atoms with Crippen LogP contribution in [0.1, 0.15) is 95.2 Å². The summed E-state index contributed by atoms with van der Waals surface area (Å²) < 4.78 is 11.0.